The fourth-order valence-corrected chi connectivity index (χ4v) is 6.60. The van der Waals surface area contributed by atoms with Gasteiger partial charge in [0.15, 0.2) is 0 Å². The van der Waals surface area contributed by atoms with Crippen LogP contribution in [0.4, 0.5) is 10.5 Å². The molecule has 2 saturated heterocycles. The van der Waals surface area contributed by atoms with Crippen LogP contribution in [0.1, 0.15) is 35.2 Å². The second kappa shape index (κ2) is 11.4. The molecule has 2 aromatic carbocycles. The molecule has 2 aromatic heterocycles. The summed E-state index contributed by atoms with van der Waals surface area (Å²) < 4.78 is 6.92. The van der Waals surface area contributed by atoms with E-state index in [-0.39, 0.29) is 23.7 Å². The second-order valence-electron chi connectivity index (χ2n) is 10.5. The largest absolute Gasteiger partial charge is 0.447 e. The number of nitrogens with one attached hydrogen (secondary N) is 2. The van der Waals surface area contributed by atoms with Crippen molar-refractivity contribution in [3.8, 4) is 10.6 Å². The highest BCUT2D eigenvalue weighted by molar-refractivity contribution is 7.15. The molecular weight excluding hydrogens is 564 g/mol. The van der Waals surface area contributed by atoms with Crippen LogP contribution in [0.3, 0.4) is 0 Å². The summed E-state index contributed by atoms with van der Waals surface area (Å²) in [5.41, 5.74) is 2.98. The maximum atomic E-state index is 13.8. The zero-order valence-corrected chi connectivity index (χ0v) is 24.3. The van der Waals surface area contributed by atoms with E-state index < -0.39 is 6.10 Å². The number of rotatable bonds is 8. The molecule has 2 aliphatic rings. The zero-order valence-electron chi connectivity index (χ0n) is 22.8. The summed E-state index contributed by atoms with van der Waals surface area (Å²) in [5, 5.41) is 19.0. The van der Waals surface area contributed by atoms with Gasteiger partial charge in [0.05, 0.1) is 28.4 Å². The molecular formula is C29H31ClN6O4S. The summed E-state index contributed by atoms with van der Waals surface area (Å²) in [4.78, 5) is 37.8. The molecule has 1 amide bonds. The number of amides is 1. The van der Waals surface area contributed by atoms with Crippen molar-refractivity contribution in [3.05, 3.63) is 74.2 Å². The molecule has 0 aliphatic carbocycles. The number of halogens is 1. The number of benzene rings is 2. The lowest BCUT2D eigenvalue weighted by Crippen LogP contribution is -2.45. The number of likely N-dealkylation sites (N-methyl/N-ethyl adjacent to an activating group) is 1. The third kappa shape index (κ3) is 5.54. The first-order chi connectivity index (χ1) is 19.8. The lowest BCUT2D eigenvalue weighted by molar-refractivity contribution is 0.153. The number of aliphatic hydroxyl groups is 1. The highest BCUT2D eigenvalue weighted by Gasteiger charge is 2.38. The third-order valence-corrected chi connectivity index (χ3v) is 9.11. The van der Waals surface area contributed by atoms with E-state index in [1.165, 1.54) is 11.3 Å². The standard InChI is InChI=1S/C29H31ClN6O4S/c1-16-33-24-10-21(27-32-13-26(41-27)25(37)12-31-2)23(34-19-7-8-35-20(9-19)15-40-29(35)39)11-22(24)28(38)36(16)14-17-3-5-18(30)6-4-17/h3-6,10-11,13,19-20,25,31,34,37H,7-9,12,14-15H2,1-2H3/t19-,20-,25?/m0/s1. The number of carbonyl (C=O) groups is 1. The van der Waals surface area contributed by atoms with Gasteiger partial charge in [-0.15, -0.1) is 11.3 Å². The average molecular weight is 595 g/mol. The number of hydrogen-bond donors (Lipinski definition) is 3. The molecule has 0 spiro atoms. The number of aromatic nitrogens is 3. The van der Waals surface area contributed by atoms with Gasteiger partial charge in [-0.3, -0.25) is 9.36 Å². The van der Waals surface area contributed by atoms with Crippen LogP contribution in [-0.4, -0.2) is 69.5 Å². The Labute approximate surface area is 245 Å². The van der Waals surface area contributed by atoms with Crippen LogP contribution in [0.2, 0.25) is 5.02 Å². The molecule has 1 unspecified atom stereocenters. The summed E-state index contributed by atoms with van der Waals surface area (Å²) in [6.45, 7) is 3.62. The Morgan fingerprint density at radius 3 is 2.83 bits per heavy atom. The molecule has 0 saturated carbocycles. The van der Waals surface area contributed by atoms with Crippen molar-refractivity contribution in [1.82, 2.24) is 24.8 Å². The van der Waals surface area contributed by atoms with Crippen LogP contribution in [0.15, 0.2) is 47.4 Å². The molecule has 41 heavy (non-hydrogen) atoms. The van der Waals surface area contributed by atoms with Crippen LogP contribution in [0, 0.1) is 6.92 Å². The van der Waals surface area contributed by atoms with E-state index in [1.54, 1.807) is 22.7 Å². The number of nitrogens with zero attached hydrogens (tertiary/aromatic N) is 4. The minimum absolute atomic E-state index is 0.0294. The third-order valence-electron chi connectivity index (χ3n) is 7.73. The molecule has 3 N–H and O–H groups in total. The average Bonchev–Trinajstić information content (AvgIpc) is 3.59. The fraction of sp³-hybridized carbons (Fsp3) is 0.379. The number of fused-ring (bicyclic) bond motifs is 2. The molecule has 0 bridgehead atoms. The molecule has 2 fully saturated rings. The van der Waals surface area contributed by atoms with E-state index in [0.717, 1.165) is 39.5 Å². The topological polar surface area (TPSA) is 122 Å². The van der Waals surface area contributed by atoms with E-state index in [4.69, 9.17) is 21.3 Å². The Morgan fingerprint density at radius 1 is 1.24 bits per heavy atom. The van der Waals surface area contributed by atoms with E-state index in [2.05, 4.69) is 15.6 Å². The molecule has 4 aromatic rings. The highest BCUT2D eigenvalue weighted by Crippen LogP contribution is 2.37. The first kappa shape index (κ1) is 27.6. The number of anilines is 1. The van der Waals surface area contributed by atoms with Gasteiger partial charge in [-0.25, -0.2) is 14.8 Å². The van der Waals surface area contributed by atoms with Gasteiger partial charge in [0.1, 0.15) is 23.5 Å². The fourth-order valence-electron chi connectivity index (χ4n) is 5.54. The Morgan fingerprint density at radius 2 is 2.05 bits per heavy atom. The van der Waals surface area contributed by atoms with Crippen LogP contribution < -0.4 is 16.2 Å². The predicted octanol–water partition coefficient (Wildman–Crippen LogP) is 4.18. The van der Waals surface area contributed by atoms with Crippen LogP contribution in [-0.2, 0) is 11.3 Å². The molecule has 0 radical (unpaired) electrons. The summed E-state index contributed by atoms with van der Waals surface area (Å²) in [5.74, 6) is 0.603. The molecule has 12 heteroatoms. The van der Waals surface area contributed by atoms with Crippen molar-refractivity contribution in [1.29, 1.82) is 0 Å². The summed E-state index contributed by atoms with van der Waals surface area (Å²) >= 11 is 7.47. The Kier molecular flexibility index (Phi) is 7.69. The van der Waals surface area contributed by atoms with Crippen molar-refractivity contribution >= 4 is 45.6 Å². The van der Waals surface area contributed by atoms with E-state index >= 15 is 0 Å². The molecule has 6 rings (SSSR count). The Balaban J connectivity index is 1.40. The van der Waals surface area contributed by atoms with Crippen LogP contribution in [0.5, 0.6) is 0 Å². The molecule has 2 aliphatic heterocycles. The van der Waals surface area contributed by atoms with E-state index in [0.29, 0.717) is 48.0 Å². The Bertz CT molecular complexity index is 1660. The van der Waals surface area contributed by atoms with Gasteiger partial charge in [0.25, 0.3) is 5.56 Å². The maximum absolute atomic E-state index is 13.8. The summed E-state index contributed by atoms with van der Waals surface area (Å²) in [7, 11) is 1.79. The number of hydrogen-bond acceptors (Lipinski definition) is 9. The molecule has 10 nitrogen and oxygen atoms in total. The number of carbonyl (C=O) groups excluding carboxylic acids is 1. The number of aliphatic hydroxyl groups excluding tert-OH is 1. The summed E-state index contributed by atoms with van der Waals surface area (Å²) in [6, 6.07) is 11.3. The lowest BCUT2D eigenvalue weighted by Gasteiger charge is -2.33. The summed E-state index contributed by atoms with van der Waals surface area (Å²) in [6.07, 6.45) is 2.25. The lowest BCUT2D eigenvalue weighted by atomic mass is 9.97. The molecule has 4 heterocycles. The van der Waals surface area contributed by atoms with E-state index in [9.17, 15) is 14.7 Å². The molecule has 3 atom stereocenters. The SMILES string of the molecule is CNCC(O)c1cnc(-c2cc3nc(C)n(Cc4ccc(Cl)cc4)c(=O)c3cc2N[C@H]2CCN3C(=O)OC[C@@H]3C2)s1. The minimum atomic E-state index is -0.673. The van der Waals surface area contributed by atoms with Crippen molar-refractivity contribution < 1.29 is 14.6 Å². The minimum Gasteiger partial charge on any atom is -0.447 e. The Hall–Kier alpha value is -3.51. The first-order valence-electron chi connectivity index (χ1n) is 13.6. The van der Waals surface area contributed by atoms with Gasteiger partial charge in [0.2, 0.25) is 0 Å². The monoisotopic (exact) mass is 594 g/mol. The second-order valence-corrected chi connectivity index (χ2v) is 12.0. The van der Waals surface area contributed by atoms with Gasteiger partial charge >= 0.3 is 6.09 Å². The smallest absolute Gasteiger partial charge is 0.410 e. The maximum Gasteiger partial charge on any atom is 0.410 e. The van der Waals surface area contributed by atoms with Crippen molar-refractivity contribution in [2.75, 3.05) is 32.1 Å². The van der Waals surface area contributed by atoms with Crippen molar-refractivity contribution in [2.24, 2.45) is 0 Å². The molecule has 214 valence electrons. The van der Waals surface area contributed by atoms with Gasteiger partial charge in [-0.05, 0) is 56.6 Å². The van der Waals surface area contributed by atoms with Gasteiger partial charge in [0, 0.05) is 41.6 Å². The van der Waals surface area contributed by atoms with Crippen LogP contribution in [0.25, 0.3) is 21.5 Å². The zero-order chi connectivity index (χ0) is 28.7. The number of thiazole rings is 1. The van der Waals surface area contributed by atoms with Gasteiger partial charge in [-0.2, -0.15) is 0 Å². The van der Waals surface area contributed by atoms with Crippen LogP contribution >= 0.6 is 22.9 Å². The normalized spacial score (nSPS) is 19.3. The first-order valence-corrected chi connectivity index (χ1v) is 14.8. The van der Waals surface area contributed by atoms with Gasteiger partial charge in [-0.1, -0.05) is 23.7 Å². The quantitative estimate of drug-likeness (QED) is 0.278. The number of aryl methyl sites for hydroxylation is 1. The number of piperidine rings is 1. The van der Waals surface area contributed by atoms with Gasteiger partial charge < -0.3 is 25.4 Å². The van der Waals surface area contributed by atoms with Crippen molar-refractivity contribution in [2.45, 2.75) is 44.5 Å². The van der Waals surface area contributed by atoms with Crippen molar-refractivity contribution in [3.63, 3.8) is 0 Å². The number of cyclic esters (lactones) is 1. The number of ether oxygens (including phenoxy) is 1. The predicted molar refractivity (Wildman–Crippen MR) is 160 cm³/mol. The highest BCUT2D eigenvalue weighted by atomic mass is 35.5. The van der Waals surface area contributed by atoms with E-state index in [1.807, 2.05) is 43.3 Å².